The van der Waals surface area contributed by atoms with E-state index in [-0.39, 0.29) is 18.2 Å². The lowest BCUT2D eigenvalue weighted by atomic mass is 10.1. The van der Waals surface area contributed by atoms with Crippen molar-refractivity contribution in [1.82, 2.24) is 0 Å². The summed E-state index contributed by atoms with van der Waals surface area (Å²) in [5.41, 5.74) is 1.14. The van der Waals surface area contributed by atoms with Gasteiger partial charge in [0.25, 0.3) is 0 Å². The van der Waals surface area contributed by atoms with E-state index in [0.717, 1.165) is 0 Å². The van der Waals surface area contributed by atoms with Gasteiger partial charge in [0, 0.05) is 10.6 Å². The number of hydrogen-bond acceptors (Lipinski definition) is 2. The zero-order valence-electron chi connectivity index (χ0n) is 10.3. The van der Waals surface area contributed by atoms with Crippen molar-refractivity contribution in [3.8, 4) is 5.75 Å². The van der Waals surface area contributed by atoms with Crippen molar-refractivity contribution in [2.24, 2.45) is 0 Å². The first kappa shape index (κ1) is 13.6. The maximum atomic E-state index is 12.9. The Kier molecular flexibility index (Phi) is 4.17. The minimum absolute atomic E-state index is 0.104. The van der Waals surface area contributed by atoms with Gasteiger partial charge in [0.2, 0.25) is 0 Å². The number of ketones is 1. The van der Waals surface area contributed by atoms with Gasteiger partial charge in [0.15, 0.2) is 12.4 Å². The van der Waals surface area contributed by atoms with Gasteiger partial charge >= 0.3 is 0 Å². The van der Waals surface area contributed by atoms with Crippen LogP contribution in [-0.2, 0) is 0 Å². The van der Waals surface area contributed by atoms with Crippen molar-refractivity contribution in [3.05, 3.63) is 64.4 Å². The van der Waals surface area contributed by atoms with Crippen LogP contribution in [0.15, 0.2) is 42.5 Å². The number of halogens is 2. The van der Waals surface area contributed by atoms with Crippen LogP contribution in [0.4, 0.5) is 4.39 Å². The fourth-order valence-corrected chi connectivity index (χ4v) is 1.85. The van der Waals surface area contributed by atoms with Gasteiger partial charge in [-0.2, -0.15) is 0 Å². The lowest BCUT2D eigenvalue weighted by Crippen LogP contribution is -2.12. The summed E-state index contributed by atoms with van der Waals surface area (Å²) in [5.74, 6) is -0.00554. The van der Waals surface area contributed by atoms with Gasteiger partial charge in [-0.05, 0) is 42.8 Å². The van der Waals surface area contributed by atoms with E-state index in [2.05, 4.69) is 0 Å². The molecule has 98 valence electrons. The number of hydrogen-bond donors (Lipinski definition) is 0. The SMILES string of the molecule is Cc1cc(F)ccc1OCC(=O)c1cccc(Cl)c1. The van der Waals surface area contributed by atoms with E-state index in [9.17, 15) is 9.18 Å². The van der Waals surface area contributed by atoms with Gasteiger partial charge in [-0.3, -0.25) is 4.79 Å². The van der Waals surface area contributed by atoms with E-state index in [4.69, 9.17) is 16.3 Å². The number of Topliss-reactive ketones (excluding diaryl/α,β-unsaturated/α-hetero) is 1. The van der Waals surface area contributed by atoms with E-state index in [1.54, 1.807) is 31.2 Å². The molecule has 0 unspecified atom stereocenters. The number of rotatable bonds is 4. The van der Waals surface area contributed by atoms with Crippen LogP contribution in [0.25, 0.3) is 0 Å². The van der Waals surface area contributed by atoms with Gasteiger partial charge in [-0.1, -0.05) is 23.7 Å². The molecule has 0 bridgehead atoms. The highest BCUT2D eigenvalue weighted by Crippen LogP contribution is 2.19. The highest BCUT2D eigenvalue weighted by Gasteiger charge is 2.08. The Labute approximate surface area is 115 Å². The van der Waals surface area contributed by atoms with Crippen molar-refractivity contribution in [3.63, 3.8) is 0 Å². The molecule has 0 saturated heterocycles. The highest BCUT2D eigenvalue weighted by atomic mass is 35.5. The van der Waals surface area contributed by atoms with Crippen LogP contribution in [0.2, 0.25) is 5.02 Å². The summed E-state index contributed by atoms with van der Waals surface area (Å²) < 4.78 is 18.3. The van der Waals surface area contributed by atoms with E-state index >= 15 is 0 Å². The third-order valence-corrected chi connectivity index (χ3v) is 2.88. The van der Waals surface area contributed by atoms with Crippen LogP contribution in [-0.4, -0.2) is 12.4 Å². The molecule has 2 nitrogen and oxygen atoms in total. The lowest BCUT2D eigenvalue weighted by molar-refractivity contribution is 0.0921. The molecule has 0 heterocycles. The summed E-state index contributed by atoms with van der Waals surface area (Å²) in [6.07, 6.45) is 0. The second-order valence-corrected chi connectivity index (χ2v) is 4.57. The minimum Gasteiger partial charge on any atom is -0.485 e. The molecule has 0 aliphatic rings. The first-order valence-electron chi connectivity index (χ1n) is 5.74. The van der Waals surface area contributed by atoms with Crippen LogP contribution >= 0.6 is 11.6 Å². The van der Waals surface area contributed by atoms with Crippen molar-refractivity contribution in [1.29, 1.82) is 0 Å². The second kappa shape index (κ2) is 5.85. The summed E-state index contributed by atoms with van der Waals surface area (Å²) in [7, 11) is 0. The van der Waals surface area contributed by atoms with Gasteiger partial charge in [0.05, 0.1) is 0 Å². The van der Waals surface area contributed by atoms with E-state index in [0.29, 0.717) is 21.9 Å². The normalized spacial score (nSPS) is 10.3. The van der Waals surface area contributed by atoms with Crippen LogP contribution in [0.5, 0.6) is 5.75 Å². The average molecular weight is 279 g/mol. The third-order valence-electron chi connectivity index (χ3n) is 2.64. The van der Waals surface area contributed by atoms with Crippen molar-refractivity contribution in [2.45, 2.75) is 6.92 Å². The van der Waals surface area contributed by atoms with Gasteiger partial charge in [0.1, 0.15) is 11.6 Å². The molecule has 0 aliphatic carbocycles. The largest absolute Gasteiger partial charge is 0.485 e. The molecular formula is C15H12ClFO2. The molecule has 2 aromatic carbocycles. The molecule has 0 saturated carbocycles. The standard InChI is InChI=1S/C15H12ClFO2/c1-10-7-13(17)5-6-15(10)19-9-14(18)11-3-2-4-12(16)8-11/h2-8H,9H2,1H3. The quantitative estimate of drug-likeness (QED) is 0.789. The molecule has 0 fully saturated rings. The van der Waals surface area contributed by atoms with Crippen LogP contribution in [0.1, 0.15) is 15.9 Å². The summed E-state index contributed by atoms with van der Waals surface area (Å²) in [6.45, 7) is 1.62. The Morgan fingerprint density at radius 1 is 1.26 bits per heavy atom. The Morgan fingerprint density at radius 2 is 2.05 bits per heavy atom. The maximum absolute atomic E-state index is 12.9. The summed E-state index contributed by atoms with van der Waals surface area (Å²) in [5, 5.41) is 0.504. The van der Waals surface area contributed by atoms with Crippen LogP contribution in [0.3, 0.4) is 0 Å². The lowest BCUT2D eigenvalue weighted by Gasteiger charge is -2.08. The molecule has 19 heavy (non-hydrogen) atoms. The summed E-state index contributed by atoms with van der Waals surface area (Å²) >= 11 is 5.81. The fourth-order valence-electron chi connectivity index (χ4n) is 1.66. The van der Waals surface area contributed by atoms with Crippen molar-refractivity contribution >= 4 is 17.4 Å². The highest BCUT2D eigenvalue weighted by molar-refractivity contribution is 6.31. The molecule has 0 aliphatic heterocycles. The predicted molar refractivity (Wildman–Crippen MR) is 72.4 cm³/mol. The molecule has 4 heteroatoms. The predicted octanol–water partition coefficient (Wildman–Crippen LogP) is 4.05. The Balaban J connectivity index is 2.04. The molecule has 0 N–H and O–H groups in total. The molecule has 0 aromatic heterocycles. The van der Waals surface area contributed by atoms with Crippen LogP contribution < -0.4 is 4.74 Å². The Bertz CT molecular complexity index is 611. The topological polar surface area (TPSA) is 26.3 Å². The van der Waals surface area contributed by atoms with Crippen molar-refractivity contribution in [2.75, 3.05) is 6.61 Å². The number of ether oxygens (including phenoxy) is 1. The molecular weight excluding hydrogens is 267 g/mol. The zero-order chi connectivity index (χ0) is 13.8. The van der Waals surface area contributed by atoms with Gasteiger partial charge in [-0.25, -0.2) is 4.39 Å². The van der Waals surface area contributed by atoms with E-state index in [1.807, 2.05) is 0 Å². The Morgan fingerprint density at radius 3 is 2.74 bits per heavy atom. The van der Waals surface area contributed by atoms with Gasteiger partial charge < -0.3 is 4.74 Å². The van der Waals surface area contributed by atoms with E-state index in [1.165, 1.54) is 18.2 Å². The smallest absolute Gasteiger partial charge is 0.200 e. The zero-order valence-corrected chi connectivity index (χ0v) is 11.1. The number of carbonyl (C=O) groups is 1. The molecule has 0 amide bonds. The average Bonchev–Trinajstić information content (AvgIpc) is 2.37. The molecule has 0 atom stereocenters. The molecule has 2 rings (SSSR count). The van der Waals surface area contributed by atoms with Crippen LogP contribution in [0, 0.1) is 12.7 Å². The second-order valence-electron chi connectivity index (χ2n) is 4.13. The fraction of sp³-hybridized carbons (Fsp3) is 0.133. The maximum Gasteiger partial charge on any atom is 0.200 e. The Hall–Kier alpha value is -1.87. The third kappa shape index (κ3) is 3.55. The monoisotopic (exact) mass is 278 g/mol. The summed E-state index contributed by atoms with van der Waals surface area (Å²) in [4.78, 5) is 11.9. The van der Waals surface area contributed by atoms with E-state index < -0.39 is 0 Å². The van der Waals surface area contributed by atoms with Gasteiger partial charge in [-0.15, -0.1) is 0 Å². The first-order chi connectivity index (χ1) is 9.06. The minimum atomic E-state index is -0.328. The van der Waals surface area contributed by atoms with Crippen molar-refractivity contribution < 1.29 is 13.9 Å². The summed E-state index contributed by atoms with van der Waals surface area (Å²) in [6, 6.07) is 10.8. The molecule has 2 aromatic rings. The number of aryl methyl sites for hydroxylation is 1. The number of benzene rings is 2. The first-order valence-corrected chi connectivity index (χ1v) is 6.12. The molecule has 0 spiro atoms. The number of carbonyl (C=O) groups excluding carboxylic acids is 1. The molecule has 0 radical (unpaired) electrons.